The number of nitroso groups, excluding NO2 is 1. The first-order valence-corrected chi connectivity index (χ1v) is 2.99. The maximum atomic E-state index is 10.3. The molecular weight excluding hydrogens is 150 g/mol. The van der Waals surface area contributed by atoms with Crippen LogP contribution in [-0.4, -0.2) is 17.9 Å². The van der Waals surface area contributed by atoms with Crippen molar-refractivity contribution in [1.82, 2.24) is 0 Å². The summed E-state index contributed by atoms with van der Waals surface area (Å²) in [5.41, 5.74) is 10.3. The molecule has 6 heteroatoms. The van der Waals surface area contributed by atoms with Gasteiger partial charge in [-0.25, -0.2) is 0 Å². The van der Waals surface area contributed by atoms with Gasteiger partial charge in [-0.2, -0.15) is 0 Å². The number of carbonyl (C=O) groups is 1. The fourth-order valence-corrected chi connectivity index (χ4v) is 0.418. The predicted octanol–water partition coefficient (Wildman–Crippen LogP) is -0.724. The molecule has 0 aliphatic rings. The van der Waals surface area contributed by atoms with Crippen LogP contribution in [0, 0.1) is 4.91 Å². The highest BCUT2D eigenvalue weighted by molar-refractivity contribution is 5.66. The van der Waals surface area contributed by atoms with Crippen molar-refractivity contribution in [3.05, 3.63) is 4.91 Å². The Morgan fingerprint density at radius 2 is 2.09 bits per heavy atom. The molecular formula is C5H11N3O3. The second-order valence-corrected chi connectivity index (χ2v) is 2.23. The van der Waals surface area contributed by atoms with Gasteiger partial charge in [-0.1, -0.05) is 0 Å². The Balaban J connectivity index is 4.11. The van der Waals surface area contributed by atoms with Crippen LogP contribution in [0.5, 0.6) is 0 Å². The molecule has 4 N–H and O–H groups in total. The van der Waals surface area contributed by atoms with Crippen molar-refractivity contribution in [2.45, 2.75) is 25.7 Å². The van der Waals surface area contributed by atoms with Gasteiger partial charge in [-0.15, -0.1) is 4.91 Å². The molecule has 0 bridgehead atoms. The monoisotopic (exact) mass is 161 g/mol. The van der Waals surface area contributed by atoms with Crippen LogP contribution in [0.2, 0.25) is 0 Å². The fourth-order valence-electron chi connectivity index (χ4n) is 0.418. The smallest absolute Gasteiger partial charge is 0.303 e. The Morgan fingerprint density at radius 3 is 2.36 bits per heavy atom. The van der Waals surface area contributed by atoms with Gasteiger partial charge in [0.05, 0.1) is 0 Å². The number of carbonyl (C=O) groups excluding carboxylic acids is 1. The maximum absolute atomic E-state index is 10.3. The second-order valence-electron chi connectivity index (χ2n) is 2.23. The first-order chi connectivity index (χ1) is 4.90. The minimum Gasteiger partial charge on any atom is -0.457 e. The van der Waals surface area contributed by atoms with E-state index in [-0.39, 0.29) is 0 Å². The van der Waals surface area contributed by atoms with E-state index in [1.54, 1.807) is 0 Å². The number of nitrogens with two attached hydrogens (primary N) is 2. The molecule has 0 aromatic rings. The lowest BCUT2D eigenvalue weighted by Gasteiger charge is -2.22. The van der Waals surface area contributed by atoms with Gasteiger partial charge in [0.25, 0.3) is 0 Å². The zero-order valence-electron chi connectivity index (χ0n) is 6.40. The van der Waals surface area contributed by atoms with E-state index in [1.165, 1.54) is 13.8 Å². The summed E-state index contributed by atoms with van der Waals surface area (Å²) in [4.78, 5) is 20.3. The van der Waals surface area contributed by atoms with E-state index in [2.05, 4.69) is 9.91 Å². The van der Waals surface area contributed by atoms with Crippen LogP contribution in [-0.2, 0) is 9.53 Å². The summed E-state index contributed by atoms with van der Waals surface area (Å²) in [6, 6.07) is 0. The number of hydrogen-bond donors (Lipinski definition) is 2. The molecule has 1 atom stereocenters. The van der Waals surface area contributed by atoms with E-state index in [0.29, 0.717) is 0 Å². The molecule has 11 heavy (non-hydrogen) atoms. The van der Waals surface area contributed by atoms with Gasteiger partial charge in [0, 0.05) is 6.92 Å². The summed E-state index contributed by atoms with van der Waals surface area (Å²) in [5.74, 6) is -2.40. The van der Waals surface area contributed by atoms with Crippen LogP contribution < -0.4 is 11.5 Å². The van der Waals surface area contributed by atoms with E-state index in [9.17, 15) is 9.70 Å². The molecule has 0 heterocycles. The van der Waals surface area contributed by atoms with E-state index >= 15 is 0 Å². The highest BCUT2D eigenvalue weighted by Crippen LogP contribution is 2.04. The number of hydrogen-bond acceptors (Lipinski definition) is 6. The third-order valence-corrected chi connectivity index (χ3v) is 1.15. The molecule has 0 saturated carbocycles. The fraction of sp³-hybridized carbons (Fsp3) is 0.800. The topological polar surface area (TPSA) is 108 Å². The van der Waals surface area contributed by atoms with E-state index < -0.39 is 17.9 Å². The number of nitrogens with zero attached hydrogens (tertiary/aromatic N) is 1. The SMILES string of the molecule is CC(=O)OC(C)C(N)(N)N=O. The van der Waals surface area contributed by atoms with Crippen molar-refractivity contribution in [3.63, 3.8) is 0 Å². The van der Waals surface area contributed by atoms with Crippen molar-refractivity contribution < 1.29 is 9.53 Å². The predicted molar refractivity (Wildman–Crippen MR) is 38.1 cm³/mol. The highest BCUT2D eigenvalue weighted by atomic mass is 16.5. The van der Waals surface area contributed by atoms with Gasteiger partial charge >= 0.3 is 5.97 Å². The lowest BCUT2D eigenvalue weighted by molar-refractivity contribution is -0.148. The normalized spacial score (nSPS) is 13.8. The summed E-state index contributed by atoms with van der Waals surface area (Å²) >= 11 is 0. The molecule has 0 saturated heterocycles. The molecule has 0 aliphatic heterocycles. The molecule has 6 nitrogen and oxygen atoms in total. The zero-order chi connectivity index (χ0) is 9.07. The minimum absolute atomic E-state index is 0.554. The Kier molecular flexibility index (Phi) is 3.09. The van der Waals surface area contributed by atoms with Gasteiger partial charge in [-0.05, 0) is 12.1 Å². The first-order valence-electron chi connectivity index (χ1n) is 2.99. The number of esters is 1. The van der Waals surface area contributed by atoms with Crippen molar-refractivity contribution in [2.75, 3.05) is 0 Å². The Hall–Kier alpha value is -1.01. The maximum Gasteiger partial charge on any atom is 0.303 e. The molecule has 0 amide bonds. The van der Waals surface area contributed by atoms with E-state index in [4.69, 9.17) is 11.5 Å². The van der Waals surface area contributed by atoms with Crippen molar-refractivity contribution in [1.29, 1.82) is 0 Å². The largest absolute Gasteiger partial charge is 0.457 e. The van der Waals surface area contributed by atoms with Crippen LogP contribution in [0.15, 0.2) is 5.18 Å². The van der Waals surface area contributed by atoms with Crippen LogP contribution >= 0.6 is 0 Å². The van der Waals surface area contributed by atoms with Crippen LogP contribution in [0.1, 0.15) is 13.8 Å². The lowest BCUT2D eigenvalue weighted by atomic mass is 10.2. The Labute approximate surface area is 63.8 Å². The third kappa shape index (κ3) is 3.06. The lowest BCUT2D eigenvalue weighted by Crippen LogP contribution is -2.57. The average molecular weight is 161 g/mol. The van der Waals surface area contributed by atoms with E-state index in [0.717, 1.165) is 0 Å². The third-order valence-electron chi connectivity index (χ3n) is 1.15. The van der Waals surface area contributed by atoms with Crippen LogP contribution in [0.25, 0.3) is 0 Å². The summed E-state index contributed by atoms with van der Waals surface area (Å²) in [6.45, 7) is 2.58. The molecule has 0 radical (unpaired) electrons. The van der Waals surface area contributed by atoms with Gasteiger partial charge in [0.2, 0.25) is 5.79 Å². The van der Waals surface area contributed by atoms with Crippen molar-refractivity contribution in [3.8, 4) is 0 Å². The van der Waals surface area contributed by atoms with Crippen LogP contribution in [0.3, 0.4) is 0 Å². The van der Waals surface area contributed by atoms with Crippen molar-refractivity contribution in [2.24, 2.45) is 16.6 Å². The molecule has 0 aromatic carbocycles. The minimum atomic E-state index is -1.84. The Bertz CT molecular complexity index is 168. The standard InChI is InChI=1S/C5H11N3O3/c1-3(11-4(2)9)5(6,7)8-10/h3H,6-7H2,1-2H3. The van der Waals surface area contributed by atoms with Gasteiger partial charge in [0.1, 0.15) is 0 Å². The quantitative estimate of drug-likeness (QED) is 0.322. The highest BCUT2D eigenvalue weighted by Gasteiger charge is 2.30. The molecule has 0 fully saturated rings. The summed E-state index contributed by atoms with van der Waals surface area (Å²) in [6.07, 6.45) is -0.919. The molecule has 0 aliphatic carbocycles. The molecule has 64 valence electrons. The number of ether oxygens (including phenoxy) is 1. The molecule has 0 rings (SSSR count). The summed E-state index contributed by atoms with van der Waals surface area (Å²) < 4.78 is 4.52. The van der Waals surface area contributed by atoms with Crippen molar-refractivity contribution >= 4 is 5.97 Å². The summed E-state index contributed by atoms with van der Waals surface area (Å²) in [5, 5.41) is 2.40. The van der Waals surface area contributed by atoms with E-state index in [1.807, 2.05) is 0 Å². The van der Waals surface area contributed by atoms with Gasteiger partial charge < -0.3 is 4.74 Å². The summed E-state index contributed by atoms with van der Waals surface area (Å²) in [7, 11) is 0. The first kappa shape index (κ1) is 9.99. The van der Waals surface area contributed by atoms with Gasteiger partial charge in [0.15, 0.2) is 6.10 Å². The second kappa shape index (κ2) is 3.40. The molecule has 0 aromatic heterocycles. The van der Waals surface area contributed by atoms with Gasteiger partial charge in [-0.3, -0.25) is 16.3 Å². The van der Waals surface area contributed by atoms with Crippen LogP contribution in [0.4, 0.5) is 0 Å². The number of rotatable bonds is 3. The average Bonchev–Trinajstić information content (AvgIpc) is 1.86. The molecule has 1 unspecified atom stereocenters. The molecule has 0 spiro atoms. The Morgan fingerprint density at radius 1 is 1.64 bits per heavy atom. The zero-order valence-corrected chi connectivity index (χ0v) is 6.40.